The number of amides is 2. The summed E-state index contributed by atoms with van der Waals surface area (Å²) in [4.78, 5) is 25.2. The molecule has 1 aliphatic rings. The summed E-state index contributed by atoms with van der Waals surface area (Å²) in [5, 5.41) is 11.8. The molecule has 1 heterocycles. The number of nitrogens with zero attached hydrogens (tertiary/aromatic N) is 1. The van der Waals surface area contributed by atoms with E-state index in [-0.39, 0.29) is 0 Å². The highest BCUT2D eigenvalue weighted by Crippen LogP contribution is 2.16. The molecular formula is C14H17FN2O3. The molecule has 0 aromatic heterocycles. The first-order chi connectivity index (χ1) is 9.47. The maximum atomic E-state index is 13.1. The van der Waals surface area contributed by atoms with Crippen LogP contribution in [-0.2, 0) is 9.59 Å². The Morgan fingerprint density at radius 1 is 1.35 bits per heavy atom. The van der Waals surface area contributed by atoms with E-state index in [2.05, 4.69) is 5.32 Å². The Labute approximate surface area is 116 Å². The van der Waals surface area contributed by atoms with Crippen LogP contribution in [0.5, 0.6) is 0 Å². The largest absolute Gasteiger partial charge is 0.393 e. The third-order valence-electron chi connectivity index (χ3n) is 3.39. The Kier molecular flexibility index (Phi) is 4.34. The molecule has 6 heteroatoms. The number of carbonyl (C=O) groups is 2. The van der Waals surface area contributed by atoms with Gasteiger partial charge in [-0.05, 0) is 37.5 Å². The summed E-state index contributed by atoms with van der Waals surface area (Å²) >= 11 is 0. The average Bonchev–Trinajstić information content (AvgIpc) is 2.43. The Bertz CT molecular complexity index is 525. The van der Waals surface area contributed by atoms with E-state index in [1.807, 2.05) is 0 Å². The molecule has 0 atom stereocenters. The van der Waals surface area contributed by atoms with E-state index >= 15 is 0 Å². The number of hydrogen-bond acceptors (Lipinski definition) is 3. The molecule has 1 saturated heterocycles. The van der Waals surface area contributed by atoms with E-state index < -0.39 is 23.7 Å². The maximum absolute atomic E-state index is 13.1. The number of piperidine rings is 1. The summed E-state index contributed by atoms with van der Waals surface area (Å²) in [6.07, 6.45) is 0.531. The lowest BCUT2D eigenvalue weighted by atomic mass is 10.1. The van der Waals surface area contributed by atoms with Crippen LogP contribution in [0.25, 0.3) is 0 Å². The molecule has 1 aromatic carbocycles. The van der Waals surface area contributed by atoms with Crippen LogP contribution in [-0.4, -0.2) is 41.0 Å². The van der Waals surface area contributed by atoms with Crippen LogP contribution in [0.2, 0.25) is 0 Å². The zero-order valence-corrected chi connectivity index (χ0v) is 11.2. The number of aliphatic hydroxyl groups is 1. The lowest BCUT2D eigenvalue weighted by molar-refractivity contribution is -0.144. The van der Waals surface area contributed by atoms with Crippen LogP contribution >= 0.6 is 0 Å². The molecule has 108 valence electrons. The van der Waals surface area contributed by atoms with Crippen LogP contribution in [0.3, 0.4) is 0 Å². The second-order valence-electron chi connectivity index (χ2n) is 4.94. The lowest BCUT2D eigenvalue weighted by Gasteiger charge is -2.29. The predicted octanol–water partition coefficient (Wildman–Crippen LogP) is 1.06. The normalized spacial score (nSPS) is 16.1. The third-order valence-corrected chi connectivity index (χ3v) is 3.39. The van der Waals surface area contributed by atoms with Gasteiger partial charge in [0.1, 0.15) is 5.82 Å². The zero-order valence-electron chi connectivity index (χ0n) is 11.2. The van der Waals surface area contributed by atoms with Crippen LogP contribution in [0, 0.1) is 12.7 Å². The summed E-state index contributed by atoms with van der Waals surface area (Å²) in [5.41, 5.74) is 0.974. The fraction of sp³-hybridized carbons (Fsp3) is 0.429. The van der Waals surface area contributed by atoms with Crippen LogP contribution < -0.4 is 5.32 Å². The van der Waals surface area contributed by atoms with Gasteiger partial charge in [-0.1, -0.05) is 6.07 Å². The number of likely N-dealkylation sites (tertiary alicyclic amines) is 1. The molecule has 2 amide bonds. The second-order valence-corrected chi connectivity index (χ2v) is 4.94. The fourth-order valence-corrected chi connectivity index (χ4v) is 2.12. The number of aliphatic hydroxyl groups excluding tert-OH is 1. The van der Waals surface area contributed by atoms with Gasteiger partial charge in [0.2, 0.25) is 0 Å². The quantitative estimate of drug-likeness (QED) is 0.756. The molecule has 0 aliphatic carbocycles. The number of halogens is 1. The molecule has 0 unspecified atom stereocenters. The number of anilines is 1. The van der Waals surface area contributed by atoms with Gasteiger partial charge in [0.05, 0.1) is 6.10 Å². The van der Waals surface area contributed by atoms with Crippen molar-refractivity contribution < 1.29 is 19.1 Å². The molecule has 1 aromatic rings. The first-order valence-corrected chi connectivity index (χ1v) is 6.52. The van der Waals surface area contributed by atoms with E-state index in [9.17, 15) is 19.1 Å². The molecule has 20 heavy (non-hydrogen) atoms. The number of carbonyl (C=O) groups excluding carboxylic acids is 2. The van der Waals surface area contributed by atoms with E-state index in [4.69, 9.17) is 0 Å². The number of aryl methyl sites for hydroxylation is 1. The van der Waals surface area contributed by atoms with Crippen molar-refractivity contribution >= 4 is 17.5 Å². The van der Waals surface area contributed by atoms with Gasteiger partial charge in [-0.2, -0.15) is 0 Å². The van der Waals surface area contributed by atoms with E-state index in [1.54, 1.807) is 6.92 Å². The highest BCUT2D eigenvalue weighted by molar-refractivity contribution is 6.39. The summed E-state index contributed by atoms with van der Waals surface area (Å²) in [5.74, 6) is -1.91. The Hall–Kier alpha value is -1.95. The highest BCUT2D eigenvalue weighted by Gasteiger charge is 2.26. The molecule has 1 aliphatic heterocycles. The fourth-order valence-electron chi connectivity index (χ4n) is 2.12. The van der Waals surface area contributed by atoms with Crippen molar-refractivity contribution in [2.75, 3.05) is 18.4 Å². The topological polar surface area (TPSA) is 69.6 Å². The van der Waals surface area contributed by atoms with Gasteiger partial charge in [-0.3, -0.25) is 9.59 Å². The van der Waals surface area contributed by atoms with Crippen molar-refractivity contribution in [2.24, 2.45) is 0 Å². The second kappa shape index (κ2) is 6.00. The number of rotatable bonds is 1. The minimum atomic E-state index is -0.782. The van der Waals surface area contributed by atoms with Gasteiger partial charge in [0, 0.05) is 18.8 Å². The first kappa shape index (κ1) is 14.5. The molecule has 0 radical (unpaired) electrons. The maximum Gasteiger partial charge on any atom is 0.313 e. The molecule has 1 fully saturated rings. The van der Waals surface area contributed by atoms with Gasteiger partial charge in [-0.25, -0.2) is 4.39 Å². The number of hydrogen-bond donors (Lipinski definition) is 2. The van der Waals surface area contributed by atoms with Crippen molar-refractivity contribution in [1.29, 1.82) is 0 Å². The predicted molar refractivity (Wildman–Crippen MR) is 71.6 cm³/mol. The first-order valence-electron chi connectivity index (χ1n) is 6.52. The SMILES string of the molecule is Cc1ccc(F)cc1NC(=O)C(=O)N1CCC(O)CC1. The van der Waals surface area contributed by atoms with Gasteiger partial charge >= 0.3 is 11.8 Å². The van der Waals surface area contributed by atoms with Crippen LogP contribution in [0.1, 0.15) is 18.4 Å². The van der Waals surface area contributed by atoms with Gasteiger partial charge in [0.15, 0.2) is 0 Å². The van der Waals surface area contributed by atoms with Crippen molar-refractivity contribution in [3.8, 4) is 0 Å². The number of nitrogens with one attached hydrogen (secondary N) is 1. The van der Waals surface area contributed by atoms with Gasteiger partial charge < -0.3 is 15.3 Å². The van der Waals surface area contributed by atoms with Crippen molar-refractivity contribution in [2.45, 2.75) is 25.9 Å². The van der Waals surface area contributed by atoms with E-state index in [0.29, 0.717) is 37.2 Å². The Balaban J connectivity index is 2.01. The zero-order chi connectivity index (χ0) is 14.7. The standard InChI is InChI=1S/C14H17FN2O3/c1-9-2-3-10(15)8-12(9)16-13(19)14(20)17-6-4-11(18)5-7-17/h2-3,8,11,18H,4-7H2,1H3,(H,16,19). The Morgan fingerprint density at radius 3 is 2.65 bits per heavy atom. The monoisotopic (exact) mass is 280 g/mol. The molecule has 0 spiro atoms. The summed E-state index contributed by atoms with van der Waals surface area (Å²) < 4.78 is 13.1. The van der Waals surface area contributed by atoms with Crippen LogP contribution in [0.4, 0.5) is 10.1 Å². The lowest BCUT2D eigenvalue weighted by Crippen LogP contribution is -2.45. The summed E-state index contributed by atoms with van der Waals surface area (Å²) in [7, 11) is 0. The molecule has 0 bridgehead atoms. The molecular weight excluding hydrogens is 263 g/mol. The van der Waals surface area contributed by atoms with E-state index in [0.717, 1.165) is 0 Å². The molecule has 2 rings (SSSR count). The van der Waals surface area contributed by atoms with Gasteiger partial charge in [0.25, 0.3) is 0 Å². The van der Waals surface area contributed by atoms with Crippen molar-refractivity contribution in [1.82, 2.24) is 4.90 Å². The third kappa shape index (κ3) is 3.33. The molecule has 2 N–H and O–H groups in total. The van der Waals surface area contributed by atoms with Crippen molar-refractivity contribution in [3.05, 3.63) is 29.6 Å². The Morgan fingerprint density at radius 2 is 2.00 bits per heavy atom. The smallest absolute Gasteiger partial charge is 0.313 e. The van der Waals surface area contributed by atoms with Gasteiger partial charge in [-0.15, -0.1) is 0 Å². The summed E-state index contributed by atoms with van der Waals surface area (Å²) in [6.45, 7) is 2.43. The number of benzene rings is 1. The summed E-state index contributed by atoms with van der Waals surface area (Å²) in [6, 6.07) is 4.01. The molecule has 5 nitrogen and oxygen atoms in total. The highest BCUT2D eigenvalue weighted by atomic mass is 19.1. The molecule has 0 saturated carbocycles. The minimum absolute atomic E-state index is 0.292. The average molecular weight is 280 g/mol. The van der Waals surface area contributed by atoms with Crippen molar-refractivity contribution in [3.63, 3.8) is 0 Å². The van der Waals surface area contributed by atoms with E-state index in [1.165, 1.54) is 23.1 Å². The minimum Gasteiger partial charge on any atom is -0.393 e. The van der Waals surface area contributed by atoms with Crippen LogP contribution in [0.15, 0.2) is 18.2 Å².